The summed E-state index contributed by atoms with van der Waals surface area (Å²) in [6.07, 6.45) is 1.02. The number of nitrogens with zero attached hydrogens (tertiary/aromatic N) is 4. The summed E-state index contributed by atoms with van der Waals surface area (Å²) in [5, 5.41) is 8.92. The maximum Gasteiger partial charge on any atom is 0.181 e. The molecule has 12 heavy (non-hydrogen) atoms. The van der Waals surface area contributed by atoms with Crippen LogP contribution < -0.4 is 4.68 Å². The lowest BCUT2D eigenvalue weighted by Gasteiger charge is -1.96. The normalized spacial score (nSPS) is 13.2. The van der Waals surface area contributed by atoms with Gasteiger partial charge >= 0.3 is 0 Å². The zero-order chi connectivity index (χ0) is 9.14. The van der Waals surface area contributed by atoms with Crippen molar-refractivity contribution in [1.29, 1.82) is 0 Å². The van der Waals surface area contributed by atoms with Crippen molar-refractivity contribution in [3.05, 3.63) is 0 Å². The van der Waals surface area contributed by atoms with E-state index in [9.17, 15) is 0 Å². The van der Waals surface area contributed by atoms with Crippen molar-refractivity contribution in [2.45, 2.75) is 44.9 Å². The molecular formula is C7H14N4S. The highest BCUT2D eigenvalue weighted by molar-refractivity contribution is 7.58. The van der Waals surface area contributed by atoms with Crippen LogP contribution in [0.5, 0.6) is 0 Å². The van der Waals surface area contributed by atoms with Gasteiger partial charge in [0, 0.05) is 5.10 Å². The molecule has 0 saturated heterocycles. The summed E-state index contributed by atoms with van der Waals surface area (Å²) in [7, 11) is 0. The van der Waals surface area contributed by atoms with Crippen LogP contribution in [0.1, 0.15) is 33.2 Å². The third-order valence-corrected chi connectivity index (χ3v) is 2.19. The first kappa shape index (κ1) is 9.38. The largest absolute Gasteiger partial charge is 0.701 e. The first-order valence-electron chi connectivity index (χ1n) is 4.23. The van der Waals surface area contributed by atoms with E-state index in [1.165, 1.54) is 0 Å². The molecule has 0 spiro atoms. The summed E-state index contributed by atoms with van der Waals surface area (Å²) in [5.41, 5.74) is 0. The summed E-state index contributed by atoms with van der Waals surface area (Å²) < 4.78 is 1.72. The van der Waals surface area contributed by atoms with E-state index >= 15 is 0 Å². The molecule has 0 radical (unpaired) electrons. The highest BCUT2D eigenvalue weighted by atomic mass is 32.1. The van der Waals surface area contributed by atoms with Gasteiger partial charge in [-0.15, -0.1) is 0 Å². The fraction of sp³-hybridized carbons (Fsp3) is 0.857. The summed E-state index contributed by atoms with van der Waals surface area (Å²) in [6, 6.07) is 0.333. The van der Waals surface area contributed by atoms with Crippen LogP contribution in [0.3, 0.4) is 0 Å². The van der Waals surface area contributed by atoms with Crippen molar-refractivity contribution in [2.75, 3.05) is 0 Å². The molecule has 0 N–H and O–H groups in total. The smallest absolute Gasteiger partial charge is 0.181 e. The molecule has 0 aliphatic carbocycles. The second-order valence-electron chi connectivity index (χ2n) is 2.77. The maximum atomic E-state index is 5.01. The Morgan fingerprint density at radius 3 is 2.67 bits per heavy atom. The van der Waals surface area contributed by atoms with Gasteiger partial charge in [-0.05, 0) is 25.1 Å². The average molecular weight is 186 g/mol. The van der Waals surface area contributed by atoms with Crippen LogP contribution in [0.25, 0.3) is 0 Å². The lowest BCUT2D eigenvalue weighted by Crippen LogP contribution is -2.37. The van der Waals surface area contributed by atoms with Crippen molar-refractivity contribution in [3.63, 3.8) is 0 Å². The lowest BCUT2D eigenvalue weighted by molar-refractivity contribution is -0.786. The summed E-state index contributed by atoms with van der Waals surface area (Å²) >= 11 is 5.01. The van der Waals surface area contributed by atoms with Crippen molar-refractivity contribution in [2.24, 2.45) is 0 Å². The Bertz CT molecular complexity index is 258. The molecule has 1 rings (SSSR count). The molecule has 0 fully saturated rings. The quantitative estimate of drug-likeness (QED) is 0.508. The van der Waals surface area contributed by atoms with Gasteiger partial charge < -0.3 is 12.6 Å². The minimum atomic E-state index is 0.333. The minimum Gasteiger partial charge on any atom is -0.701 e. The molecule has 0 bridgehead atoms. The fourth-order valence-electron chi connectivity index (χ4n) is 0.857. The monoisotopic (exact) mass is 186 g/mol. The second-order valence-corrected chi connectivity index (χ2v) is 3.13. The molecule has 1 aromatic heterocycles. The molecular weight excluding hydrogens is 172 g/mol. The average Bonchev–Trinajstić information content (AvgIpc) is 2.45. The van der Waals surface area contributed by atoms with Crippen LogP contribution in [0.15, 0.2) is 5.16 Å². The van der Waals surface area contributed by atoms with Gasteiger partial charge in [-0.1, -0.05) is 6.92 Å². The molecule has 1 unspecified atom stereocenters. The molecule has 1 atom stereocenters. The molecule has 1 aromatic rings. The number of hydrogen-bond acceptors (Lipinski definition) is 3. The SMILES string of the molecule is CCC(C)n1nc([S-])[n+](CC)n1. The van der Waals surface area contributed by atoms with E-state index in [-0.39, 0.29) is 0 Å². The van der Waals surface area contributed by atoms with E-state index in [2.05, 4.69) is 24.2 Å². The van der Waals surface area contributed by atoms with Gasteiger partial charge in [0.25, 0.3) is 0 Å². The number of hydrogen-bond donors (Lipinski definition) is 0. The Kier molecular flexibility index (Phi) is 2.97. The van der Waals surface area contributed by atoms with Gasteiger partial charge in [0.1, 0.15) is 6.04 Å². The number of aryl methyl sites for hydroxylation is 1. The zero-order valence-electron chi connectivity index (χ0n) is 7.69. The number of tetrazole rings is 1. The predicted molar refractivity (Wildman–Crippen MR) is 46.5 cm³/mol. The summed E-state index contributed by atoms with van der Waals surface area (Å²) in [4.78, 5) is 1.69. The van der Waals surface area contributed by atoms with Crippen LogP contribution in [-0.4, -0.2) is 15.1 Å². The molecule has 0 saturated carbocycles. The molecule has 0 aromatic carbocycles. The van der Waals surface area contributed by atoms with Gasteiger partial charge in [-0.25, -0.2) is 0 Å². The molecule has 0 aliphatic heterocycles. The van der Waals surface area contributed by atoms with Gasteiger partial charge in [0.05, 0.1) is 11.8 Å². The van der Waals surface area contributed by atoms with Crippen molar-refractivity contribution in [1.82, 2.24) is 15.1 Å². The van der Waals surface area contributed by atoms with Crippen molar-refractivity contribution in [3.8, 4) is 0 Å². The third-order valence-electron chi connectivity index (χ3n) is 1.89. The van der Waals surface area contributed by atoms with Crippen LogP contribution in [0, 0.1) is 0 Å². The Hall–Kier alpha value is -0.710. The van der Waals surface area contributed by atoms with Gasteiger partial charge in [0.15, 0.2) is 5.16 Å². The van der Waals surface area contributed by atoms with Gasteiger partial charge in [-0.3, -0.25) is 0 Å². The fourth-order valence-corrected chi connectivity index (χ4v) is 1.11. The minimum absolute atomic E-state index is 0.333. The Balaban J connectivity index is 2.88. The van der Waals surface area contributed by atoms with Crippen molar-refractivity contribution >= 4 is 12.6 Å². The van der Waals surface area contributed by atoms with Gasteiger partial charge in [0.2, 0.25) is 0 Å². The van der Waals surface area contributed by atoms with E-state index in [4.69, 9.17) is 12.6 Å². The Morgan fingerprint density at radius 2 is 2.25 bits per heavy atom. The molecule has 4 nitrogen and oxygen atoms in total. The number of aromatic nitrogens is 4. The standard InChI is InChI=1S/C7H14N4S/c1-4-6(3)11-8-7(12)10(5-2)9-11/h6H,4-5H2,1-3H3. The van der Waals surface area contributed by atoms with E-state index < -0.39 is 0 Å². The third kappa shape index (κ3) is 1.72. The molecule has 68 valence electrons. The second kappa shape index (κ2) is 3.80. The van der Waals surface area contributed by atoms with Crippen LogP contribution in [0.2, 0.25) is 0 Å². The number of rotatable bonds is 3. The topological polar surface area (TPSA) is 34.6 Å². The summed E-state index contributed by atoms with van der Waals surface area (Å²) in [5.74, 6) is 0. The van der Waals surface area contributed by atoms with Crippen LogP contribution in [0.4, 0.5) is 0 Å². The zero-order valence-corrected chi connectivity index (χ0v) is 8.51. The Morgan fingerprint density at radius 1 is 1.58 bits per heavy atom. The van der Waals surface area contributed by atoms with E-state index in [1.807, 2.05) is 6.92 Å². The van der Waals surface area contributed by atoms with Crippen LogP contribution >= 0.6 is 0 Å². The lowest BCUT2D eigenvalue weighted by atomic mass is 10.3. The highest BCUT2D eigenvalue weighted by Gasteiger charge is 2.13. The van der Waals surface area contributed by atoms with Gasteiger partial charge in [-0.2, -0.15) is 4.68 Å². The van der Waals surface area contributed by atoms with E-state index in [1.54, 1.807) is 9.48 Å². The highest BCUT2D eigenvalue weighted by Crippen LogP contribution is 2.04. The molecule has 0 amide bonds. The Labute approximate surface area is 78.0 Å². The molecule has 0 aliphatic rings. The van der Waals surface area contributed by atoms with Crippen LogP contribution in [-0.2, 0) is 19.2 Å². The first-order chi connectivity index (χ1) is 5.69. The summed E-state index contributed by atoms with van der Waals surface area (Å²) in [6.45, 7) is 6.98. The maximum absolute atomic E-state index is 5.01. The first-order valence-corrected chi connectivity index (χ1v) is 4.63. The van der Waals surface area contributed by atoms with E-state index in [0.29, 0.717) is 11.2 Å². The predicted octanol–water partition coefficient (Wildman–Crippen LogP) is 0.462. The molecule has 1 heterocycles. The van der Waals surface area contributed by atoms with Crippen molar-refractivity contribution < 1.29 is 4.68 Å². The van der Waals surface area contributed by atoms with E-state index in [0.717, 1.165) is 13.0 Å². The molecule has 5 heteroatoms.